The molecule has 1 aliphatic heterocycles. The zero-order chi connectivity index (χ0) is 13.0. The Morgan fingerprint density at radius 2 is 1.72 bits per heavy atom. The SMILES string of the molecule is CC(C)(C)C1CNC(OCC2CCCCC2)CN1. The predicted octanol–water partition coefficient (Wildman–Crippen LogP) is 2.52. The maximum Gasteiger partial charge on any atom is 0.120 e. The monoisotopic (exact) mass is 254 g/mol. The number of ether oxygens (including phenoxy) is 1. The molecule has 2 fully saturated rings. The normalized spacial score (nSPS) is 31.5. The first-order valence-electron chi connectivity index (χ1n) is 7.64. The van der Waals surface area contributed by atoms with Crippen molar-refractivity contribution in [1.29, 1.82) is 0 Å². The molecule has 18 heavy (non-hydrogen) atoms. The van der Waals surface area contributed by atoms with E-state index in [9.17, 15) is 0 Å². The van der Waals surface area contributed by atoms with Crippen molar-refractivity contribution in [2.45, 2.75) is 65.1 Å². The zero-order valence-electron chi connectivity index (χ0n) is 12.3. The molecule has 0 spiro atoms. The molecule has 2 N–H and O–H groups in total. The Balaban J connectivity index is 1.64. The van der Waals surface area contributed by atoms with E-state index in [4.69, 9.17) is 4.74 Å². The maximum absolute atomic E-state index is 6.01. The van der Waals surface area contributed by atoms with Crippen LogP contribution in [-0.2, 0) is 4.74 Å². The second kappa shape index (κ2) is 6.36. The summed E-state index contributed by atoms with van der Waals surface area (Å²) in [5.74, 6) is 0.806. The average molecular weight is 254 g/mol. The summed E-state index contributed by atoms with van der Waals surface area (Å²) in [6.07, 6.45) is 7.17. The Labute approximate surface area is 112 Å². The topological polar surface area (TPSA) is 33.3 Å². The lowest BCUT2D eigenvalue weighted by Gasteiger charge is -2.39. The Bertz CT molecular complexity index is 235. The van der Waals surface area contributed by atoms with Crippen molar-refractivity contribution < 1.29 is 4.74 Å². The molecule has 2 rings (SSSR count). The Morgan fingerprint density at radius 3 is 2.28 bits per heavy atom. The number of rotatable bonds is 3. The van der Waals surface area contributed by atoms with Crippen LogP contribution < -0.4 is 10.6 Å². The molecule has 2 aliphatic rings. The number of hydrogen-bond donors (Lipinski definition) is 2. The van der Waals surface area contributed by atoms with E-state index >= 15 is 0 Å². The fourth-order valence-electron chi connectivity index (χ4n) is 2.98. The molecule has 0 radical (unpaired) electrons. The highest BCUT2D eigenvalue weighted by Crippen LogP contribution is 2.24. The number of piperazine rings is 1. The smallest absolute Gasteiger partial charge is 0.120 e. The van der Waals surface area contributed by atoms with Crippen molar-refractivity contribution in [2.75, 3.05) is 19.7 Å². The van der Waals surface area contributed by atoms with E-state index < -0.39 is 0 Å². The van der Waals surface area contributed by atoms with E-state index in [-0.39, 0.29) is 6.23 Å². The van der Waals surface area contributed by atoms with Gasteiger partial charge < -0.3 is 10.1 Å². The molecule has 1 heterocycles. The van der Waals surface area contributed by atoms with Crippen molar-refractivity contribution in [3.63, 3.8) is 0 Å². The summed E-state index contributed by atoms with van der Waals surface area (Å²) in [4.78, 5) is 0. The first-order chi connectivity index (χ1) is 8.55. The zero-order valence-corrected chi connectivity index (χ0v) is 12.3. The van der Waals surface area contributed by atoms with Crippen LogP contribution in [-0.4, -0.2) is 32.0 Å². The van der Waals surface area contributed by atoms with Gasteiger partial charge in [0, 0.05) is 19.1 Å². The Morgan fingerprint density at radius 1 is 1.00 bits per heavy atom. The van der Waals surface area contributed by atoms with Crippen molar-refractivity contribution >= 4 is 0 Å². The van der Waals surface area contributed by atoms with E-state index in [2.05, 4.69) is 31.4 Å². The molecule has 0 aromatic heterocycles. The molecule has 2 atom stereocenters. The van der Waals surface area contributed by atoms with Crippen LogP contribution in [0, 0.1) is 11.3 Å². The molecule has 2 unspecified atom stereocenters. The molecule has 1 aliphatic carbocycles. The van der Waals surface area contributed by atoms with Crippen molar-refractivity contribution in [3.05, 3.63) is 0 Å². The highest BCUT2D eigenvalue weighted by atomic mass is 16.5. The number of nitrogens with one attached hydrogen (secondary N) is 2. The van der Waals surface area contributed by atoms with Crippen molar-refractivity contribution in [2.24, 2.45) is 11.3 Å². The molecular weight excluding hydrogens is 224 g/mol. The Hall–Kier alpha value is -0.120. The predicted molar refractivity (Wildman–Crippen MR) is 75.6 cm³/mol. The second-order valence-corrected chi connectivity index (χ2v) is 7.06. The first-order valence-corrected chi connectivity index (χ1v) is 7.64. The molecule has 0 bridgehead atoms. The van der Waals surface area contributed by atoms with Gasteiger partial charge in [0.15, 0.2) is 0 Å². The van der Waals surface area contributed by atoms with Crippen LogP contribution >= 0.6 is 0 Å². The molecular formula is C15H30N2O. The maximum atomic E-state index is 6.01. The summed E-state index contributed by atoms with van der Waals surface area (Å²) in [5.41, 5.74) is 0.321. The molecule has 1 saturated heterocycles. The standard InChI is InChI=1S/C15H30N2O/c1-15(2,3)13-9-17-14(10-16-13)18-11-12-7-5-4-6-8-12/h12-14,16-17H,4-11H2,1-3H3. The fraction of sp³-hybridized carbons (Fsp3) is 1.00. The lowest BCUT2D eigenvalue weighted by Crippen LogP contribution is -2.59. The third-order valence-corrected chi connectivity index (χ3v) is 4.40. The third kappa shape index (κ3) is 4.22. The van der Waals surface area contributed by atoms with Gasteiger partial charge in [-0.05, 0) is 24.2 Å². The lowest BCUT2D eigenvalue weighted by atomic mass is 9.86. The number of hydrogen-bond acceptors (Lipinski definition) is 3. The van der Waals surface area contributed by atoms with E-state index in [1.807, 2.05) is 0 Å². The van der Waals surface area contributed by atoms with Crippen LogP contribution in [0.25, 0.3) is 0 Å². The van der Waals surface area contributed by atoms with Crippen molar-refractivity contribution in [3.8, 4) is 0 Å². The van der Waals surface area contributed by atoms with E-state index in [1.54, 1.807) is 0 Å². The summed E-state index contributed by atoms with van der Waals surface area (Å²) in [6, 6.07) is 0.548. The molecule has 0 aromatic carbocycles. The summed E-state index contributed by atoms with van der Waals surface area (Å²) in [7, 11) is 0. The average Bonchev–Trinajstić information content (AvgIpc) is 2.37. The molecule has 1 saturated carbocycles. The van der Waals surface area contributed by atoms with Gasteiger partial charge >= 0.3 is 0 Å². The van der Waals surface area contributed by atoms with Crippen LogP contribution in [0.3, 0.4) is 0 Å². The minimum absolute atomic E-state index is 0.213. The Kier molecular flexibility index (Phi) is 5.05. The lowest BCUT2D eigenvalue weighted by molar-refractivity contribution is -0.0175. The van der Waals surface area contributed by atoms with Gasteiger partial charge in [-0.1, -0.05) is 40.0 Å². The minimum Gasteiger partial charge on any atom is -0.362 e. The van der Waals surface area contributed by atoms with Gasteiger partial charge in [-0.2, -0.15) is 0 Å². The van der Waals surface area contributed by atoms with E-state index in [1.165, 1.54) is 32.1 Å². The quantitative estimate of drug-likeness (QED) is 0.812. The third-order valence-electron chi connectivity index (χ3n) is 4.40. The van der Waals surface area contributed by atoms with Crippen LogP contribution in [0.2, 0.25) is 0 Å². The first kappa shape index (κ1) is 14.3. The van der Waals surface area contributed by atoms with E-state index in [0.29, 0.717) is 11.5 Å². The van der Waals surface area contributed by atoms with Gasteiger partial charge in [0.1, 0.15) is 6.23 Å². The fourth-order valence-corrected chi connectivity index (χ4v) is 2.98. The highest BCUT2D eigenvalue weighted by Gasteiger charge is 2.29. The molecule has 3 heteroatoms. The van der Waals surface area contributed by atoms with Gasteiger partial charge in [0.05, 0.1) is 6.61 Å². The minimum atomic E-state index is 0.213. The molecule has 3 nitrogen and oxygen atoms in total. The van der Waals surface area contributed by atoms with Gasteiger partial charge in [-0.15, -0.1) is 0 Å². The van der Waals surface area contributed by atoms with Crippen LogP contribution in [0.15, 0.2) is 0 Å². The van der Waals surface area contributed by atoms with Crippen LogP contribution in [0.4, 0.5) is 0 Å². The van der Waals surface area contributed by atoms with Gasteiger partial charge in [0.25, 0.3) is 0 Å². The summed E-state index contributed by atoms with van der Waals surface area (Å²) < 4.78 is 6.01. The molecule has 0 aromatic rings. The summed E-state index contributed by atoms with van der Waals surface area (Å²) in [5, 5.41) is 7.14. The summed E-state index contributed by atoms with van der Waals surface area (Å²) >= 11 is 0. The van der Waals surface area contributed by atoms with Crippen LogP contribution in [0.1, 0.15) is 52.9 Å². The van der Waals surface area contributed by atoms with E-state index in [0.717, 1.165) is 25.6 Å². The van der Waals surface area contributed by atoms with Crippen molar-refractivity contribution in [1.82, 2.24) is 10.6 Å². The van der Waals surface area contributed by atoms with Gasteiger partial charge in [0.2, 0.25) is 0 Å². The second-order valence-electron chi connectivity index (χ2n) is 7.06. The van der Waals surface area contributed by atoms with Gasteiger partial charge in [-0.25, -0.2) is 0 Å². The molecule has 0 amide bonds. The summed E-state index contributed by atoms with van der Waals surface area (Å²) in [6.45, 7) is 9.76. The molecule has 106 valence electrons. The van der Waals surface area contributed by atoms with Gasteiger partial charge in [-0.3, -0.25) is 5.32 Å². The van der Waals surface area contributed by atoms with Crippen LogP contribution in [0.5, 0.6) is 0 Å². The highest BCUT2D eigenvalue weighted by molar-refractivity contribution is 4.87. The largest absolute Gasteiger partial charge is 0.362 e.